The van der Waals surface area contributed by atoms with Crippen molar-refractivity contribution in [1.29, 1.82) is 0 Å². The van der Waals surface area contributed by atoms with Gasteiger partial charge in [-0.05, 0) is 28.4 Å². The van der Waals surface area contributed by atoms with Gasteiger partial charge in [-0.2, -0.15) is 41.5 Å². The van der Waals surface area contributed by atoms with Crippen LogP contribution < -0.4 is 30.0 Å². The van der Waals surface area contributed by atoms with Crippen molar-refractivity contribution in [3.05, 3.63) is 154 Å². The van der Waals surface area contributed by atoms with E-state index in [9.17, 15) is 0 Å². The van der Waals surface area contributed by atoms with Crippen molar-refractivity contribution in [3.63, 3.8) is 0 Å². The zero-order chi connectivity index (χ0) is 33.0. The van der Waals surface area contributed by atoms with Gasteiger partial charge in [-0.1, -0.05) is 91.9 Å². The second-order valence-corrected chi connectivity index (χ2v) is 21.7. The minimum atomic E-state index is -1.01. The Balaban J connectivity index is 0.000000258. The number of hydrogen-bond donors (Lipinski definition) is 0. The van der Waals surface area contributed by atoms with Crippen molar-refractivity contribution in [2.75, 3.05) is 0 Å². The Kier molecular flexibility index (Phi) is 14.8. The van der Waals surface area contributed by atoms with Gasteiger partial charge in [-0.15, -0.1) is 11.1 Å². The quantitative estimate of drug-likeness (QED) is 0.181. The summed E-state index contributed by atoms with van der Waals surface area (Å²) in [5.74, 6) is 0. The van der Waals surface area contributed by atoms with Gasteiger partial charge in [0.05, 0.1) is 0 Å². The van der Waals surface area contributed by atoms with E-state index in [0.29, 0.717) is 0 Å². The molecule has 1 aliphatic rings. The van der Waals surface area contributed by atoms with Crippen LogP contribution in [0.1, 0.15) is 80.5 Å². The molecule has 0 fully saturated rings. The Bertz CT molecular complexity index is 1630. The van der Waals surface area contributed by atoms with Crippen LogP contribution in [0.2, 0.25) is 19.6 Å². The molecule has 47 heavy (non-hydrogen) atoms. The number of fused-ring (bicyclic) bond motifs is 3. The average Bonchev–Trinajstić information content (AvgIpc) is 3.60. The van der Waals surface area contributed by atoms with Crippen LogP contribution in [0.5, 0.6) is 0 Å². The zero-order valence-electron chi connectivity index (χ0n) is 29.9. The molecule has 0 radical (unpaired) electrons. The molecule has 5 aromatic carbocycles. The van der Waals surface area contributed by atoms with Crippen molar-refractivity contribution in [2.24, 2.45) is 0 Å². The van der Waals surface area contributed by atoms with Crippen molar-refractivity contribution in [3.8, 4) is 11.1 Å². The van der Waals surface area contributed by atoms with Crippen LogP contribution in [0.3, 0.4) is 0 Å². The monoisotopic (exact) mass is 754 g/mol. The van der Waals surface area contributed by atoms with E-state index in [1.807, 2.05) is 0 Å². The van der Waals surface area contributed by atoms with Crippen LogP contribution in [0, 0.1) is 13.0 Å². The van der Waals surface area contributed by atoms with Crippen molar-refractivity contribution in [2.45, 2.75) is 85.4 Å². The molecule has 0 aliphatic heterocycles. The third-order valence-electron chi connectivity index (χ3n) is 8.36. The number of hydrogen-bond acceptors (Lipinski definition) is 0. The van der Waals surface area contributed by atoms with Gasteiger partial charge in [0, 0.05) is 8.07 Å². The predicted octanol–water partition coefficient (Wildman–Crippen LogP) is 4.72. The molecule has 0 N–H and O–H groups in total. The summed E-state index contributed by atoms with van der Waals surface area (Å²) in [6.45, 7) is 22.9. The molecule has 5 aromatic rings. The standard InChI is InChI=1S/C21H25.C13H10.C9H15Si.2ClH.Zr/c1-20(2,3)16-7-9-18-14(12-16)11-15-13-17(21(4,5)6)8-10-19(15)18;1-3-7-12(8-4-1)11-13-9-5-2-6-10-13;1-8-5-6-9(7-8)10(2,3)4;;;/h7-10,12H,11H2,1-6H3;1-10H;5-7H,1-4H3;2*1H;/q-1;;-1;;;+2/p-2. The summed E-state index contributed by atoms with van der Waals surface area (Å²) in [4.78, 5) is 0. The molecule has 0 atom stereocenters. The molecular weight excluding hydrogens is 707 g/mol. The summed E-state index contributed by atoms with van der Waals surface area (Å²) in [5.41, 5.74) is 12.8. The third-order valence-corrected chi connectivity index (χ3v) is 11.8. The molecular formula is C43H50Cl2SiZr-2. The van der Waals surface area contributed by atoms with Crippen LogP contribution in [-0.4, -0.2) is 11.3 Å². The molecule has 0 heterocycles. The Morgan fingerprint density at radius 2 is 1.23 bits per heavy atom. The number of rotatable bonds is 3. The van der Waals surface area contributed by atoms with Gasteiger partial charge < -0.3 is 24.8 Å². The summed E-state index contributed by atoms with van der Waals surface area (Å²) >= 11 is 1.46. The first kappa shape index (κ1) is 41.0. The molecule has 1 aliphatic carbocycles. The number of halogens is 2. The maximum atomic E-state index is 3.67. The molecule has 0 bridgehead atoms. The Morgan fingerprint density at radius 1 is 0.702 bits per heavy atom. The van der Waals surface area contributed by atoms with Crippen molar-refractivity contribution in [1.82, 2.24) is 0 Å². The fourth-order valence-electron chi connectivity index (χ4n) is 5.43. The van der Waals surface area contributed by atoms with Crippen LogP contribution in [0.15, 0.2) is 109 Å². The first-order valence-electron chi connectivity index (χ1n) is 16.2. The first-order valence-corrected chi connectivity index (χ1v) is 20.9. The molecule has 0 amide bonds. The normalized spacial score (nSPS) is 11.7. The van der Waals surface area contributed by atoms with E-state index >= 15 is 0 Å². The van der Waals surface area contributed by atoms with Gasteiger partial charge in [0.2, 0.25) is 0 Å². The van der Waals surface area contributed by atoms with Gasteiger partial charge in [-0.25, -0.2) is 11.3 Å². The topological polar surface area (TPSA) is 0 Å². The third kappa shape index (κ3) is 11.2. The van der Waals surface area contributed by atoms with Crippen LogP contribution in [0.4, 0.5) is 0 Å². The molecule has 0 nitrogen and oxygen atoms in total. The molecule has 6 rings (SSSR count). The maximum absolute atomic E-state index is 3.67. The van der Waals surface area contributed by atoms with Crippen LogP contribution in [0.25, 0.3) is 11.1 Å². The molecule has 0 spiro atoms. The van der Waals surface area contributed by atoms with E-state index in [2.05, 4.69) is 183 Å². The van der Waals surface area contributed by atoms with E-state index in [4.69, 9.17) is 0 Å². The predicted molar refractivity (Wildman–Crippen MR) is 197 cm³/mol. The minimum absolute atomic E-state index is 0. The Morgan fingerprint density at radius 3 is 1.66 bits per heavy atom. The van der Waals surface area contributed by atoms with E-state index in [0.717, 1.165) is 6.42 Å². The molecule has 0 unspecified atom stereocenters. The average molecular weight is 757 g/mol. The van der Waals surface area contributed by atoms with Gasteiger partial charge in [-0.3, -0.25) is 0 Å². The molecule has 0 saturated carbocycles. The van der Waals surface area contributed by atoms with E-state index < -0.39 is 8.07 Å². The number of aryl methyl sites for hydroxylation is 1. The SMILES string of the molecule is CC(C)(C)c1[c-]c2c(cc1)-c1ccc(C(C)(C)C)cc1C2.Cc1cc([Si](C)(C)C)c[cH-]1.[Cl-].[Cl-].[Zr+2]=[C](c1ccccc1)c1ccccc1. The summed E-state index contributed by atoms with van der Waals surface area (Å²) in [6, 6.07) is 43.1. The van der Waals surface area contributed by atoms with E-state index in [1.54, 1.807) is 5.19 Å². The summed E-state index contributed by atoms with van der Waals surface area (Å²) in [7, 11) is -1.01. The van der Waals surface area contributed by atoms with Crippen LogP contribution >= 0.6 is 0 Å². The first-order chi connectivity index (χ1) is 21.0. The summed E-state index contributed by atoms with van der Waals surface area (Å²) in [6.07, 6.45) is 1.03. The Hall–Kier alpha value is -2.22. The Labute approximate surface area is 314 Å². The molecule has 0 saturated heterocycles. The summed E-state index contributed by atoms with van der Waals surface area (Å²) in [5, 5.41) is 1.57. The van der Waals surface area contributed by atoms with E-state index in [1.165, 1.54) is 77.5 Å². The zero-order valence-corrected chi connectivity index (χ0v) is 34.8. The van der Waals surface area contributed by atoms with Gasteiger partial charge in [0.1, 0.15) is 0 Å². The van der Waals surface area contributed by atoms with Crippen LogP contribution in [-0.2, 0) is 41.5 Å². The fraction of sp³-hybridized carbons (Fsp3) is 0.302. The van der Waals surface area contributed by atoms with Gasteiger partial charge in [0.25, 0.3) is 0 Å². The molecule has 246 valence electrons. The summed E-state index contributed by atoms with van der Waals surface area (Å²) < 4.78 is 1.42. The molecule has 4 heteroatoms. The second-order valence-electron chi connectivity index (χ2n) is 15.3. The second kappa shape index (κ2) is 16.9. The van der Waals surface area contributed by atoms with Gasteiger partial charge >= 0.3 is 99.2 Å². The van der Waals surface area contributed by atoms with Gasteiger partial charge in [0.15, 0.2) is 0 Å². The van der Waals surface area contributed by atoms with Crippen molar-refractivity contribution < 1.29 is 49.0 Å². The fourth-order valence-corrected chi connectivity index (χ4v) is 7.50. The van der Waals surface area contributed by atoms with Crippen molar-refractivity contribution >= 4 is 16.5 Å². The number of benzene rings is 4. The van der Waals surface area contributed by atoms with E-state index in [-0.39, 0.29) is 35.6 Å². The molecule has 0 aromatic heterocycles.